The number of carbonyl (C=O) groups is 2. The van der Waals surface area contributed by atoms with E-state index in [4.69, 9.17) is 4.42 Å². The highest BCUT2D eigenvalue weighted by Gasteiger charge is 2.38. The molecule has 160 valence electrons. The fourth-order valence-corrected chi connectivity index (χ4v) is 4.45. The van der Waals surface area contributed by atoms with Crippen LogP contribution >= 0.6 is 0 Å². The Morgan fingerprint density at radius 1 is 1.23 bits per heavy atom. The number of carbonyl (C=O) groups excluding carboxylic acids is 2. The van der Waals surface area contributed by atoms with Gasteiger partial charge in [-0.15, -0.1) is 0 Å². The fraction of sp³-hybridized carbons (Fsp3) is 0.542. The molecule has 2 aliphatic rings. The Morgan fingerprint density at radius 3 is 2.67 bits per heavy atom. The summed E-state index contributed by atoms with van der Waals surface area (Å²) in [6.07, 6.45) is 2.84. The highest BCUT2D eigenvalue weighted by Crippen LogP contribution is 2.29. The van der Waals surface area contributed by atoms with Gasteiger partial charge in [0.1, 0.15) is 11.5 Å². The van der Waals surface area contributed by atoms with Gasteiger partial charge in [-0.05, 0) is 49.4 Å². The first kappa shape index (κ1) is 20.6. The summed E-state index contributed by atoms with van der Waals surface area (Å²) in [5, 5.41) is 0. The van der Waals surface area contributed by atoms with E-state index < -0.39 is 0 Å². The number of nitrogens with zero attached hydrogens (tertiary/aromatic N) is 3. The molecule has 0 aliphatic carbocycles. The van der Waals surface area contributed by atoms with Crippen LogP contribution in [0.25, 0.3) is 0 Å². The van der Waals surface area contributed by atoms with E-state index in [9.17, 15) is 9.59 Å². The number of hydrogen-bond donors (Lipinski definition) is 0. The number of benzene rings is 1. The van der Waals surface area contributed by atoms with Crippen molar-refractivity contribution in [2.45, 2.75) is 59.9 Å². The van der Waals surface area contributed by atoms with Gasteiger partial charge in [0.15, 0.2) is 5.89 Å². The number of fused-ring (bicyclic) bond motifs is 1. The van der Waals surface area contributed by atoms with Gasteiger partial charge in [-0.3, -0.25) is 9.59 Å². The van der Waals surface area contributed by atoms with Crippen LogP contribution in [0.1, 0.15) is 55.2 Å². The van der Waals surface area contributed by atoms with Crippen molar-refractivity contribution < 1.29 is 14.0 Å². The molecule has 6 heteroatoms. The molecule has 0 radical (unpaired) electrons. The van der Waals surface area contributed by atoms with Gasteiger partial charge in [-0.1, -0.05) is 19.9 Å². The number of amides is 2. The van der Waals surface area contributed by atoms with E-state index in [1.807, 2.05) is 30.9 Å². The van der Waals surface area contributed by atoms with Gasteiger partial charge < -0.3 is 14.2 Å². The molecule has 0 bridgehead atoms. The molecule has 2 aromatic rings. The standard InChI is InChI=1S/C24H31N3O3/c1-15(2)5-6-22-25-20-14-26(8-7-21(20)30-22)24(29)18-12-23(28)27(13-18)19-10-16(3)9-17(4)11-19/h9-11,15,18H,5-8,12-14H2,1-4H3. The molecule has 0 N–H and O–H groups in total. The highest BCUT2D eigenvalue weighted by atomic mass is 16.4. The first-order valence-corrected chi connectivity index (χ1v) is 10.9. The molecule has 2 aliphatic heterocycles. The van der Waals surface area contributed by atoms with Gasteiger partial charge in [0.25, 0.3) is 0 Å². The van der Waals surface area contributed by atoms with Crippen LogP contribution in [0, 0.1) is 25.7 Å². The minimum absolute atomic E-state index is 0.0217. The Labute approximate surface area is 178 Å². The van der Waals surface area contributed by atoms with Crippen molar-refractivity contribution >= 4 is 17.5 Å². The monoisotopic (exact) mass is 409 g/mol. The van der Waals surface area contributed by atoms with Crippen molar-refractivity contribution in [2.75, 3.05) is 18.0 Å². The summed E-state index contributed by atoms with van der Waals surface area (Å²) in [5.41, 5.74) is 4.01. The van der Waals surface area contributed by atoms with Crippen LogP contribution in [-0.2, 0) is 29.0 Å². The van der Waals surface area contributed by atoms with Crippen molar-refractivity contribution in [1.29, 1.82) is 0 Å². The topological polar surface area (TPSA) is 66.7 Å². The van der Waals surface area contributed by atoms with Crippen LogP contribution in [0.5, 0.6) is 0 Å². The third-order valence-corrected chi connectivity index (χ3v) is 6.01. The summed E-state index contributed by atoms with van der Waals surface area (Å²) in [5.74, 6) is 2.07. The maximum absolute atomic E-state index is 13.2. The Kier molecular flexibility index (Phi) is 5.67. The molecule has 1 aromatic carbocycles. The Balaban J connectivity index is 1.42. The molecular weight excluding hydrogens is 378 g/mol. The lowest BCUT2D eigenvalue weighted by Gasteiger charge is -2.27. The van der Waals surface area contributed by atoms with Gasteiger partial charge in [0, 0.05) is 38.0 Å². The van der Waals surface area contributed by atoms with E-state index in [1.165, 1.54) is 0 Å². The van der Waals surface area contributed by atoms with Crippen molar-refractivity contribution in [1.82, 2.24) is 9.88 Å². The van der Waals surface area contributed by atoms with Crippen molar-refractivity contribution in [3.05, 3.63) is 46.7 Å². The van der Waals surface area contributed by atoms with Crippen molar-refractivity contribution in [3.8, 4) is 0 Å². The predicted octanol–water partition coefficient (Wildman–Crippen LogP) is 3.82. The number of rotatable bonds is 5. The van der Waals surface area contributed by atoms with E-state index in [2.05, 4.69) is 24.9 Å². The average molecular weight is 410 g/mol. The van der Waals surface area contributed by atoms with Crippen molar-refractivity contribution in [2.24, 2.45) is 11.8 Å². The summed E-state index contributed by atoms with van der Waals surface area (Å²) in [7, 11) is 0. The molecule has 30 heavy (non-hydrogen) atoms. The first-order chi connectivity index (χ1) is 14.3. The molecule has 3 heterocycles. The molecule has 2 amide bonds. The van der Waals surface area contributed by atoms with Gasteiger partial charge >= 0.3 is 0 Å². The van der Waals surface area contributed by atoms with Gasteiger partial charge in [0.05, 0.1) is 12.5 Å². The minimum atomic E-state index is -0.299. The molecule has 1 fully saturated rings. The molecular formula is C24H31N3O3. The van der Waals surface area contributed by atoms with Crippen LogP contribution in [0.2, 0.25) is 0 Å². The normalized spacial score (nSPS) is 19.0. The van der Waals surface area contributed by atoms with Gasteiger partial charge in [-0.25, -0.2) is 4.98 Å². The lowest BCUT2D eigenvalue weighted by molar-refractivity contribution is -0.136. The van der Waals surface area contributed by atoms with E-state index >= 15 is 0 Å². The minimum Gasteiger partial charge on any atom is -0.445 e. The molecule has 1 saturated heterocycles. The van der Waals surface area contributed by atoms with Crippen LogP contribution in [0.3, 0.4) is 0 Å². The largest absolute Gasteiger partial charge is 0.445 e. The number of oxazole rings is 1. The van der Waals surface area contributed by atoms with Crippen LogP contribution < -0.4 is 4.90 Å². The summed E-state index contributed by atoms with van der Waals surface area (Å²) >= 11 is 0. The van der Waals surface area contributed by atoms with E-state index in [0.29, 0.717) is 32.0 Å². The number of aryl methyl sites for hydroxylation is 3. The number of anilines is 1. The van der Waals surface area contributed by atoms with Gasteiger partial charge in [-0.2, -0.15) is 0 Å². The zero-order valence-corrected chi connectivity index (χ0v) is 18.4. The SMILES string of the molecule is Cc1cc(C)cc(N2CC(C(=O)N3CCc4oc(CCC(C)C)nc4C3)CC2=O)c1. The van der Waals surface area contributed by atoms with E-state index in [1.54, 1.807) is 4.90 Å². The summed E-state index contributed by atoms with van der Waals surface area (Å²) in [6, 6.07) is 6.11. The smallest absolute Gasteiger partial charge is 0.228 e. The summed E-state index contributed by atoms with van der Waals surface area (Å²) < 4.78 is 5.91. The second-order valence-corrected chi connectivity index (χ2v) is 9.17. The molecule has 1 atom stereocenters. The maximum Gasteiger partial charge on any atom is 0.228 e. The third-order valence-electron chi connectivity index (χ3n) is 6.01. The Hall–Kier alpha value is -2.63. The molecule has 0 spiro atoms. The lowest BCUT2D eigenvalue weighted by atomic mass is 10.0. The first-order valence-electron chi connectivity index (χ1n) is 10.9. The summed E-state index contributed by atoms with van der Waals surface area (Å²) in [6.45, 7) is 9.98. The average Bonchev–Trinajstić information content (AvgIpc) is 3.27. The zero-order valence-electron chi connectivity index (χ0n) is 18.4. The molecule has 1 aromatic heterocycles. The summed E-state index contributed by atoms with van der Waals surface area (Å²) in [4.78, 5) is 34.1. The zero-order chi connectivity index (χ0) is 21.4. The van der Waals surface area contributed by atoms with E-state index in [-0.39, 0.29) is 24.2 Å². The molecule has 1 unspecified atom stereocenters. The predicted molar refractivity (Wildman–Crippen MR) is 115 cm³/mol. The van der Waals surface area contributed by atoms with Gasteiger partial charge in [0.2, 0.25) is 11.8 Å². The fourth-order valence-electron chi connectivity index (χ4n) is 4.45. The molecule has 6 nitrogen and oxygen atoms in total. The quantitative estimate of drug-likeness (QED) is 0.753. The molecule has 0 saturated carbocycles. The lowest BCUT2D eigenvalue weighted by Crippen LogP contribution is -2.40. The highest BCUT2D eigenvalue weighted by molar-refractivity contribution is 6.00. The third kappa shape index (κ3) is 4.27. The van der Waals surface area contributed by atoms with E-state index in [0.717, 1.165) is 47.0 Å². The maximum atomic E-state index is 13.2. The van der Waals surface area contributed by atoms with Crippen LogP contribution in [0.15, 0.2) is 22.6 Å². The Bertz CT molecular complexity index is 942. The van der Waals surface area contributed by atoms with Crippen LogP contribution in [-0.4, -0.2) is 34.8 Å². The Morgan fingerprint density at radius 2 is 1.97 bits per heavy atom. The number of hydrogen-bond acceptors (Lipinski definition) is 4. The van der Waals surface area contributed by atoms with Crippen LogP contribution in [0.4, 0.5) is 5.69 Å². The second kappa shape index (κ2) is 8.25. The number of aromatic nitrogens is 1. The van der Waals surface area contributed by atoms with Crippen molar-refractivity contribution in [3.63, 3.8) is 0 Å². The molecule has 4 rings (SSSR count). The second-order valence-electron chi connectivity index (χ2n) is 9.17.